The Kier molecular flexibility index (Phi) is 2.39. The van der Waals surface area contributed by atoms with Gasteiger partial charge in [-0.25, -0.2) is 0 Å². The summed E-state index contributed by atoms with van der Waals surface area (Å²) in [6.07, 6.45) is 1.02. The molecule has 2 aromatic rings. The zero-order chi connectivity index (χ0) is 12.7. The van der Waals surface area contributed by atoms with Gasteiger partial charge in [-0.2, -0.15) is 0 Å². The lowest BCUT2D eigenvalue weighted by atomic mass is 9.75. The summed E-state index contributed by atoms with van der Waals surface area (Å²) in [4.78, 5) is 0. The Morgan fingerprint density at radius 2 is 1.79 bits per heavy atom. The summed E-state index contributed by atoms with van der Waals surface area (Å²) in [5.41, 5.74) is 2.48. The molecular weight excluding hydrogens is 234 g/mol. The highest BCUT2D eigenvalue weighted by atomic mass is 16.5. The molecule has 96 valence electrons. The van der Waals surface area contributed by atoms with Crippen LogP contribution >= 0.6 is 0 Å². The molecule has 2 nitrogen and oxygen atoms in total. The smallest absolute Gasteiger partial charge is 0.143 e. The highest BCUT2D eigenvalue weighted by molar-refractivity contribution is 5.47. The van der Waals surface area contributed by atoms with E-state index in [4.69, 9.17) is 4.74 Å². The molecule has 2 aliphatic heterocycles. The zero-order valence-corrected chi connectivity index (χ0v) is 10.8. The molecule has 0 saturated carbocycles. The maximum absolute atomic E-state index is 6.44. The third kappa shape index (κ3) is 1.53. The van der Waals surface area contributed by atoms with Crippen LogP contribution < -0.4 is 10.1 Å². The van der Waals surface area contributed by atoms with E-state index in [1.165, 1.54) is 11.1 Å². The van der Waals surface area contributed by atoms with Crippen LogP contribution in [0.3, 0.4) is 0 Å². The summed E-state index contributed by atoms with van der Waals surface area (Å²) < 4.78 is 6.44. The van der Waals surface area contributed by atoms with E-state index in [9.17, 15) is 0 Å². The van der Waals surface area contributed by atoms with Crippen LogP contribution in [0.4, 0.5) is 0 Å². The molecule has 2 atom stereocenters. The van der Waals surface area contributed by atoms with Crippen LogP contribution in [0.25, 0.3) is 0 Å². The van der Waals surface area contributed by atoms with Crippen molar-refractivity contribution in [2.45, 2.75) is 17.9 Å². The van der Waals surface area contributed by atoms with Gasteiger partial charge >= 0.3 is 0 Å². The van der Waals surface area contributed by atoms with Crippen molar-refractivity contribution in [2.24, 2.45) is 0 Å². The van der Waals surface area contributed by atoms with Crippen LogP contribution in [-0.4, -0.2) is 13.1 Å². The Morgan fingerprint density at radius 3 is 2.68 bits per heavy atom. The average molecular weight is 251 g/mol. The van der Waals surface area contributed by atoms with E-state index in [2.05, 4.69) is 59.9 Å². The minimum absolute atomic E-state index is 0.170. The van der Waals surface area contributed by atoms with Crippen LogP contribution in [0.5, 0.6) is 5.75 Å². The maximum Gasteiger partial charge on any atom is 0.143 e. The largest absolute Gasteiger partial charge is 0.482 e. The molecule has 2 heterocycles. The predicted octanol–water partition coefficient (Wildman–Crippen LogP) is 3.05. The fourth-order valence-electron chi connectivity index (χ4n) is 3.53. The average Bonchev–Trinajstić information content (AvgIpc) is 2.84. The van der Waals surface area contributed by atoms with Gasteiger partial charge in [-0.05, 0) is 18.2 Å². The fourth-order valence-corrected chi connectivity index (χ4v) is 3.53. The Labute approximate surface area is 113 Å². The number of hydrogen-bond donors (Lipinski definition) is 1. The maximum atomic E-state index is 6.44. The monoisotopic (exact) mass is 251 g/mol. The molecule has 0 radical (unpaired) electrons. The minimum atomic E-state index is -0.170. The molecule has 0 spiro atoms. The van der Waals surface area contributed by atoms with E-state index in [0.29, 0.717) is 5.92 Å². The second-order valence-electron chi connectivity index (χ2n) is 5.40. The normalized spacial score (nSPS) is 28.3. The standard InChI is InChI=1S/C17H17NO/c1-2-6-13(7-3-1)17-10-11-18-12-15(17)14-8-4-5-9-16(14)19-17/h1-9,15,18H,10-12H2. The van der Waals surface area contributed by atoms with Crippen LogP contribution in [-0.2, 0) is 5.60 Å². The van der Waals surface area contributed by atoms with Gasteiger partial charge in [0.1, 0.15) is 11.4 Å². The molecule has 4 rings (SSSR count). The Balaban J connectivity index is 1.87. The minimum Gasteiger partial charge on any atom is -0.482 e. The van der Waals surface area contributed by atoms with Gasteiger partial charge in [0.2, 0.25) is 0 Å². The van der Waals surface area contributed by atoms with Crippen molar-refractivity contribution in [2.75, 3.05) is 13.1 Å². The molecule has 1 N–H and O–H groups in total. The summed E-state index contributed by atoms with van der Waals surface area (Å²) in [7, 11) is 0. The first-order valence-corrected chi connectivity index (χ1v) is 6.94. The Hall–Kier alpha value is -1.80. The quantitative estimate of drug-likeness (QED) is 0.841. The first-order chi connectivity index (χ1) is 9.40. The molecule has 19 heavy (non-hydrogen) atoms. The van der Waals surface area contributed by atoms with E-state index in [1.54, 1.807) is 0 Å². The van der Waals surface area contributed by atoms with Crippen molar-refractivity contribution >= 4 is 0 Å². The van der Waals surface area contributed by atoms with Crippen LogP contribution in [0.2, 0.25) is 0 Å². The molecule has 2 heteroatoms. The Bertz CT molecular complexity index is 595. The van der Waals surface area contributed by atoms with E-state index in [1.807, 2.05) is 0 Å². The number of para-hydroxylation sites is 1. The number of piperidine rings is 1. The van der Waals surface area contributed by atoms with Crippen molar-refractivity contribution in [1.82, 2.24) is 5.32 Å². The Morgan fingerprint density at radius 1 is 1.00 bits per heavy atom. The van der Waals surface area contributed by atoms with E-state index < -0.39 is 0 Å². The van der Waals surface area contributed by atoms with Gasteiger partial charge in [0, 0.05) is 24.4 Å². The first-order valence-electron chi connectivity index (χ1n) is 6.94. The molecule has 0 amide bonds. The summed E-state index contributed by atoms with van der Waals surface area (Å²) >= 11 is 0. The number of ether oxygens (including phenoxy) is 1. The molecule has 0 aliphatic carbocycles. The molecule has 2 aliphatic rings. The van der Waals surface area contributed by atoms with Gasteiger partial charge in [-0.3, -0.25) is 0 Å². The van der Waals surface area contributed by atoms with E-state index >= 15 is 0 Å². The van der Waals surface area contributed by atoms with Gasteiger partial charge in [-0.1, -0.05) is 48.5 Å². The van der Waals surface area contributed by atoms with Crippen molar-refractivity contribution in [1.29, 1.82) is 0 Å². The van der Waals surface area contributed by atoms with Crippen LogP contribution in [0.1, 0.15) is 23.5 Å². The SMILES string of the molecule is c1ccc(C23CCNCC2c2ccccc2O3)cc1. The van der Waals surface area contributed by atoms with Crippen molar-refractivity contribution in [3.63, 3.8) is 0 Å². The lowest BCUT2D eigenvalue weighted by Crippen LogP contribution is -2.47. The molecule has 0 bridgehead atoms. The van der Waals surface area contributed by atoms with Crippen LogP contribution in [0.15, 0.2) is 54.6 Å². The lowest BCUT2D eigenvalue weighted by molar-refractivity contribution is 0.0395. The molecule has 1 fully saturated rings. The summed E-state index contributed by atoms with van der Waals surface area (Å²) in [6.45, 7) is 2.01. The first kappa shape index (κ1) is 11.1. The third-order valence-electron chi connectivity index (χ3n) is 4.43. The second-order valence-corrected chi connectivity index (χ2v) is 5.40. The van der Waals surface area contributed by atoms with Gasteiger partial charge in [0.05, 0.1) is 0 Å². The van der Waals surface area contributed by atoms with Gasteiger partial charge in [-0.15, -0.1) is 0 Å². The molecule has 0 aromatic heterocycles. The highest BCUT2D eigenvalue weighted by Crippen LogP contribution is 2.52. The second kappa shape index (κ2) is 4.10. The van der Waals surface area contributed by atoms with Crippen molar-refractivity contribution < 1.29 is 4.74 Å². The lowest BCUT2D eigenvalue weighted by Gasteiger charge is -2.39. The topological polar surface area (TPSA) is 21.3 Å². The van der Waals surface area contributed by atoms with E-state index in [0.717, 1.165) is 25.3 Å². The van der Waals surface area contributed by atoms with Gasteiger partial charge < -0.3 is 10.1 Å². The fraction of sp³-hybridized carbons (Fsp3) is 0.294. The third-order valence-corrected chi connectivity index (χ3v) is 4.43. The van der Waals surface area contributed by atoms with Gasteiger partial charge in [0.25, 0.3) is 0 Å². The number of benzene rings is 2. The molecule has 1 saturated heterocycles. The van der Waals surface area contributed by atoms with E-state index in [-0.39, 0.29) is 5.60 Å². The van der Waals surface area contributed by atoms with Gasteiger partial charge in [0.15, 0.2) is 0 Å². The zero-order valence-electron chi connectivity index (χ0n) is 10.8. The summed E-state index contributed by atoms with van der Waals surface area (Å²) in [5.74, 6) is 1.47. The molecular formula is C17H17NO. The van der Waals surface area contributed by atoms with Crippen LogP contribution in [0, 0.1) is 0 Å². The van der Waals surface area contributed by atoms with Crippen molar-refractivity contribution in [3.8, 4) is 5.75 Å². The predicted molar refractivity (Wildman–Crippen MR) is 75.4 cm³/mol. The summed E-state index contributed by atoms with van der Waals surface area (Å²) in [5, 5.41) is 3.51. The number of fused-ring (bicyclic) bond motifs is 3. The number of rotatable bonds is 1. The highest BCUT2D eigenvalue weighted by Gasteiger charge is 2.50. The number of hydrogen-bond acceptors (Lipinski definition) is 2. The van der Waals surface area contributed by atoms with Crippen molar-refractivity contribution in [3.05, 3.63) is 65.7 Å². The molecule has 2 unspecified atom stereocenters. The molecule has 2 aromatic carbocycles. The summed E-state index contributed by atoms with van der Waals surface area (Å²) in [6, 6.07) is 19.1. The number of nitrogens with one attached hydrogen (secondary N) is 1.